The first-order chi connectivity index (χ1) is 10.5. The Morgan fingerprint density at radius 3 is 2.55 bits per heavy atom. The van der Waals surface area contributed by atoms with Crippen LogP contribution in [0.2, 0.25) is 0 Å². The third-order valence-corrected chi connectivity index (χ3v) is 3.79. The number of ether oxygens (including phenoxy) is 1. The maximum atomic E-state index is 12.5. The summed E-state index contributed by atoms with van der Waals surface area (Å²) in [4.78, 5) is 29.0. The highest BCUT2D eigenvalue weighted by Crippen LogP contribution is 2.13. The highest BCUT2D eigenvalue weighted by Gasteiger charge is 2.18. The lowest BCUT2D eigenvalue weighted by Crippen LogP contribution is -2.37. The average Bonchev–Trinajstić information content (AvgIpc) is 2.88. The van der Waals surface area contributed by atoms with E-state index in [1.807, 2.05) is 4.57 Å². The molecular weight excluding hydrogens is 286 g/mol. The van der Waals surface area contributed by atoms with Gasteiger partial charge >= 0.3 is 5.69 Å². The minimum atomic E-state index is -0.373. The van der Waals surface area contributed by atoms with Crippen LogP contribution in [0, 0.1) is 0 Å². The summed E-state index contributed by atoms with van der Waals surface area (Å²) in [7, 11) is 4.73. The number of imidazole rings is 1. The van der Waals surface area contributed by atoms with Gasteiger partial charge in [0.05, 0.1) is 6.61 Å². The number of unbranched alkanes of at least 4 members (excludes halogenated alkanes) is 1. The van der Waals surface area contributed by atoms with Crippen LogP contribution >= 0.6 is 0 Å². The third kappa shape index (κ3) is 2.84. The van der Waals surface area contributed by atoms with Crippen molar-refractivity contribution < 1.29 is 4.74 Å². The molecule has 8 nitrogen and oxygen atoms in total. The molecule has 2 rings (SSSR count). The normalized spacial score (nSPS) is 11.5. The van der Waals surface area contributed by atoms with E-state index in [4.69, 9.17) is 10.5 Å². The van der Waals surface area contributed by atoms with Crippen LogP contribution in [0.1, 0.15) is 18.7 Å². The quantitative estimate of drug-likeness (QED) is 0.686. The molecule has 0 aliphatic heterocycles. The van der Waals surface area contributed by atoms with Gasteiger partial charge in [-0.15, -0.1) is 0 Å². The van der Waals surface area contributed by atoms with E-state index < -0.39 is 0 Å². The summed E-state index contributed by atoms with van der Waals surface area (Å²) in [6, 6.07) is 0. The van der Waals surface area contributed by atoms with Crippen molar-refractivity contribution in [3.63, 3.8) is 0 Å². The Morgan fingerprint density at radius 1 is 1.18 bits per heavy atom. The molecule has 0 saturated heterocycles. The van der Waals surface area contributed by atoms with E-state index in [0.717, 1.165) is 23.2 Å². The first-order valence-electron chi connectivity index (χ1n) is 7.37. The van der Waals surface area contributed by atoms with Crippen molar-refractivity contribution in [3.8, 4) is 0 Å². The monoisotopic (exact) mass is 309 g/mol. The molecule has 0 aliphatic rings. The Bertz CT molecular complexity index is 771. The summed E-state index contributed by atoms with van der Waals surface area (Å²) in [5.41, 5.74) is 5.74. The molecule has 122 valence electrons. The maximum Gasteiger partial charge on any atom is 0.332 e. The molecule has 2 heterocycles. The molecule has 2 aromatic heterocycles. The lowest BCUT2D eigenvalue weighted by Gasteiger charge is -2.09. The van der Waals surface area contributed by atoms with Gasteiger partial charge in [-0.25, -0.2) is 9.78 Å². The number of hydrogen-bond acceptors (Lipinski definition) is 5. The lowest BCUT2D eigenvalue weighted by molar-refractivity contribution is 0.199. The van der Waals surface area contributed by atoms with Crippen LogP contribution in [-0.2, 0) is 31.8 Å². The maximum absolute atomic E-state index is 12.5. The molecule has 2 aromatic rings. The van der Waals surface area contributed by atoms with E-state index in [1.54, 1.807) is 14.2 Å². The van der Waals surface area contributed by atoms with Crippen LogP contribution in [0.4, 0.5) is 0 Å². The predicted octanol–water partition coefficient (Wildman–Crippen LogP) is -0.638. The average molecular weight is 309 g/mol. The summed E-state index contributed by atoms with van der Waals surface area (Å²) in [6.07, 6.45) is 2.31. The second kappa shape index (κ2) is 6.89. The van der Waals surface area contributed by atoms with Gasteiger partial charge in [-0.2, -0.15) is 0 Å². The second-order valence-electron chi connectivity index (χ2n) is 5.30. The molecule has 0 atom stereocenters. The number of aryl methyl sites for hydroxylation is 2. The van der Waals surface area contributed by atoms with E-state index in [-0.39, 0.29) is 11.2 Å². The molecule has 22 heavy (non-hydrogen) atoms. The molecular formula is C14H23N5O3. The minimum Gasteiger partial charge on any atom is -0.384 e. The fourth-order valence-corrected chi connectivity index (χ4v) is 2.53. The van der Waals surface area contributed by atoms with Crippen LogP contribution < -0.4 is 17.0 Å². The van der Waals surface area contributed by atoms with E-state index in [9.17, 15) is 9.59 Å². The Balaban J connectivity index is 2.64. The zero-order chi connectivity index (χ0) is 16.3. The lowest BCUT2D eigenvalue weighted by atomic mass is 10.3. The van der Waals surface area contributed by atoms with Gasteiger partial charge in [-0.1, -0.05) is 0 Å². The van der Waals surface area contributed by atoms with Crippen LogP contribution in [0.5, 0.6) is 0 Å². The zero-order valence-electron chi connectivity index (χ0n) is 13.3. The van der Waals surface area contributed by atoms with Crippen molar-refractivity contribution in [1.29, 1.82) is 0 Å². The van der Waals surface area contributed by atoms with Crippen molar-refractivity contribution in [1.82, 2.24) is 18.7 Å². The molecule has 8 heteroatoms. The molecule has 0 saturated carbocycles. The summed E-state index contributed by atoms with van der Waals surface area (Å²) >= 11 is 0. The summed E-state index contributed by atoms with van der Waals surface area (Å²) in [6.45, 7) is 1.77. The highest BCUT2D eigenvalue weighted by atomic mass is 16.5. The van der Waals surface area contributed by atoms with Gasteiger partial charge in [0.1, 0.15) is 5.82 Å². The number of nitrogens with zero attached hydrogens (tertiary/aromatic N) is 4. The van der Waals surface area contributed by atoms with Crippen LogP contribution in [0.15, 0.2) is 9.59 Å². The van der Waals surface area contributed by atoms with Crippen molar-refractivity contribution in [2.75, 3.05) is 20.3 Å². The van der Waals surface area contributed by atoms with Gasteiger partial charge in [0.25, 0.3) is 5.56 Å². The highest BCUT2D eigenvalue weighted by molar-refractivity contribution is 5.71. The van der Waals surface area contributed by atoms with Crippen molar-refractivity contribution in [2.45, 2.75) is 25.8 Å². The predicted molar refractivity (Wildman–Crippen MR) is 84.1 cm³/mol. The molecule has 0 bridgehead atoms. The van der Waals surface area contributed by atoms with E-state index >= 15 is 0 Å². The molecule has 0 radical (unpaired) electrons. The second-order valence-corrected chi connectivity index (χ2v) is 5.30. The largest absolute Gasteiger partial charge is 0.384 e. The Kier molecular flexibility index (Phi) is 5.15. The first-order valence-corrected chi connectivity index (χ1v) is 7.37. The van der Waals surface area contributed by atoms with Crippen molar-refractivity contribution in [2.24, 2.45) is 19.8 Å². The molecule has 2 N–H and O–H groups in total. The van der Waals surface area contributed by atoms with E-state index in [1.165, 1.54) is 11.6 Å². The number of fused-ring (bicyclic) bond motifs is 1. The van der Waals surface area contributed by atoms with Crippen LogP contribution in [-0.4, -0.2) is 38.9 Å². The van der Waals surface area contributed by atoms with Gasteiger partial charge in [0.15, 0.2) is 11.2 Å². The van der Waals surface area contributed by atoms with E-state index in [2.05, 4.69) is 4.98 Å². The van der Waals surface area contributed by atoms with Crippen molar-refractivity contribution >= 4 is 11.2 Å². The van der Waals surface area contributed by atoms with Gasteiger partial charge in [0, 0.05) is 34.2 Å². The smallest absolute Gasteiger partial charge is 0.332 e. The van der Waals surface area contributed by atoms with Crippen molar-refractivity contribution in [3.05, 3.63) is 26.7 Å². The third-order valence-electron chi connectivity index (χ3n) is 3.79. The Morgan fingerprint density at radius 2 is 1.91 bits per heavy atom. The van der Waals surface area contributed by atoms with Crippen LogP contribution in [0.3, 0.4) is 0 Å². The Labute approximate surface area is 128 Å². The fourth-order valence-electron chi connectivity index (χ4n) is 2.53. The number of hydrogen-bond donors (Lipinski definition) is 1. The molecule has 0 aliphatic carbocycles. The number of methoxy groups -OCH3 is 1. The fraction of sp³-hybridized carbons (Fsp3) is 0.643. The van der Waals surface area contributed by atoms with E-state index in [0.29, 0.717) is 37.3 Å². The molecule has 0 amide bonds. The van der Waals surface area contributed by atoms with Gasteiger partial charge in [-0.05, 0) is 19.4 Å². The van der Waals surface area contributed by atoms with Gasteiger partial charge in [-0.3, -0.25) is 13.9 Å². The SMILES string of the molecule is COCCc1nc2c(c(=O)n(C)c(=O)n2C)n1CCCCN. The molecule has 0 aromatic carbocycles. The molecule has 0 fully saturated rings. The topological polar surface area (TPSA) is 97.1 Å². The summed E-state index contributed by atoms with van der Waals surface area (Å²) in [5.74, 6) is 0.757. The Hall–Kier alpha value is -1.93. The van der Waals surface area contributed by atoms with Gasteiger partial charge in [0.2, 0.25) is 0 Å². The minimum absolute atomic E-state index is 0.318. The molecule has 0 unspecified atom stereocenters. The van der Waals surface area contributed by atoms with Gasteiger partial charge < -0.3 is 15.0 Å². The molecule has 0 spiro atoms. The standard InChI is InChI=1S/C14H23N5O3/c1-17-12-11(13(20)18(2)14(17)21)19(8-5-4-7-15)10(16-12)6-9-22-3/h4-9,15H2,1-3H3. The van der Waals surface area contributed by atoms with Crippen LogP contribution in [0.25, 0.3) is 11.2 Å². The number of nitrogens with two attached hydrogens (primary N) is 1. The summed E-state index contributed by atoms with van der Waals surface area (Å²) < 4.78 is 9.52. The summed E-state index contributed by atoms with van der Waals surface area (Å²) in [5, 5.41) is 0. The number of rotatable bonds is 7. The first kappa shape index (κ1) is 16.4. The zero-order valence-corrected chi connectivity index (χ0v) is 13.3. The number of aromatic nitrogens is 4.